The van der Waals surface area contributed by atoms with Crippen LogP contribution < -0.4 is 5.32 Å². The molecule has 17 heavy (non-hydrogen) atoms. The van der Waals surface area contributed by atoms with Crippen LogP contribution in [-0.4, -0.2) is 34.7 Å². The first-order valence-corrected chi connectivity index (χ1v) is 5.31. The molecule has 5 nitrogen and oxygen atoms in total. The quantitative estimate of drug-likeness (QED) is 0.771. The van der Waals surface area contributed by atoms with Gasteiger partial charge in [-0.2, -0.15) is 0 Å². The summed E-state index contributed by atoms with van der Waals surface area (Å²) in [5.41, 5.74) is 0.166. The minimum Gasteiger partial charge on any atom is -0.480 e. The molecule has 1 unspecified atom stereocenters. The zero-order chi connectivity index (χ0) is 13.0. The molecule has 0 heterocycles. The van der Waals surface area contributed by atoms with Crippen molar-refractivity contribution in [3.8, 4) is 0 Å². The van der Waals surface area contributed by atoms with Gasteiger partial charge in [-0.15, -0.1) is 0 Å². The third kappa shape index (κ3) is 3.59. The highest BCUT2D eigenvalue weighted by molar-refractivity contribution is 6.42. The van der Waals surface area contributed by atoms with Gasteiger partial charge in [0.25, 0.3) is 5.91 Å². The van der Waals surface area contributed by atoms with E-state index in [0.29, 0.717) is 5.02 Å². The van der Waals surface area contributed by atoms with Crippen molar-refractivity contribution in [2.75, 3.05) is 6.61 Å². The Morgan fingerprint density at radius 3 is 2.41 bits per heavy atom. The number of hydrogen-bond donors (Lipinski definition) is 3. The molecular formula is C10H9Cl2NO4. The van der Waals surface area contributed by atoms with Gasteiger partial charge < -0.3 is 15.5 Å². The van der Waals surface area contributed by atoms with Crippen LogP contribution in [0.15, 0.2) is 18.2 Å². The molecule has 1 aromatic rings. The third-order valence-electron chi connectivity index (χ3n) is 1.97. The number of rotatable bonds is 4. The van der Waals surface area contributed by atoms with Gasteiger partial charge in [0.05, 0.1) is 16.7 Å². The monoisotopic (exact) mass is 277 g/mol. The first-order chi connectivity index (χ1) is 7.95. The summed E-state index contributed by atoms with van der Waals surface area (Å²) in [4.78, 5) is 22.2. The lowest BCUT2D eigenvalue weighted by atomic mass is 10.2. The van der Waals surface area contributed by atoms with Gasteiger partial charge in [-0.25, -0.2) is 4.79 Å². The second-order valence-corrected chi connectivity index (χ2v) is 3.99. The number of carbonyl (C=O) groups excluding carboxylic acids is 1. The number of halogens is 2. The summed E-state index contributed by atoms with van der Waals surface area (Å²) < 4.78 is 0. The van der Waals surface area contributed by atoms with Gasteiger partial charge in [-0.1, -0.05) is 23.2 Å². The predicted octanol–water partition coefficient (Wildman–Crippen LogP) is 1.17. The first-order valence-electron chi connectivity index (χ1n) is 4.55. The van der Waals surface area contributed by atoms with Crippen molar-refractivity contribution in [2.45, 2.75) is 6.04 Å². The maximum atomic E-state index is 11.6. The Bertz CT molecular complexity index is 450. The van der Waals surface area contributed by atoms with Gasteiger partial charge in [0.15, 0.2) is 6.04 Å². The van der Waals surface area contributed by atoms with Crippen molar-refractivity contribution in [3.05, 3.63) is 33.8 Å². The van der Waals surface area contributed by atoms with Crippen molar-refractivity contribution in [1.29, 1.82) is 0 Å². The lowest BCUT2D eigenvalue weighted by Crippen LogP contribution is -2.43. The highest BCUT2D eigenvalue weighted by Crippen LogP contribution is 2.22. The van der Waals surface area contributed by atoms with E-state index in [-0.39, 0.29) is 10.6 Å². The summed E-state index contributed by atoms with van der Waals surface area (Å²) in [7, 11) is 0. The number of hydrogen-bond acceptors (Lipinski definition) is 3. The highest BCUT2D eigenvalue weighted by atomic mass is 35.5. The number of benzene rings is 1. The number of carboxylic acid groups (broad SMARTS) is 1. The molecule has 0 radical (unpaired) electrons. The van der Waals surface area contributed by atoms with E-state index in [9.17, 15) is 9.59 Å². The molecule has 1 aromatic carbocycles. The fourth-order valence-corrected chi connectivity index (χ4v) is 1.36. The van der Waals surface area contributed by atoms with E-state index in [4.69, 9.17) is 33.4 Å². The SMILES string of the molecule is O=C(NC(CO)C(=O)O)c1ccc(Cl)c(Cl)c1. The van der Waals surface area contributed by atoms with E-state index in [1.54, 1.807) is 0 Å². The fraction of sp³-hybridized carbons (Fsp3) is 0.200. The molecule has 0 spiro atoms. The van der Waals surface area contributed by atoms with Gasteiger partial charge >= 0.3 is 5.97 Å². The molecule has 1 amide bonds. The number of aliphatic hydroxyl groups excluding tert-OH is 1. The Morgan fingerprint density at radius 1 is 1.29 bits per heavy atom. The second kappa shape index (κ2) is 5.86. The van der Waals surface area contributed by atoms with Crippen LogP contribution in [0, 0.1) is 0 Å². The van der Waals surface area contributed by atoms with Crippen LogP contribution >= 0.6 is 23.2 Å². The van der Waals surface area contributed by atoms with Crippen molar-refractivity contribution in [2.24, 2.45) is 0 Å². The molecule has 1 atom stereocenters. The Kier molecular flexibility index (Phi) is 4.74. The third-order valence-corrected chi connectivity index (χ3v) is 2.71. The Hall–Kier alpha value is -1.30. The van der Waals surface area contributed by atoms with Gasteiger partial charge in [0.2, 0.25) is 0 Å². The van der Waals surface area contributed by atoms with Crippen LogP contribution in [0.1, 0.15) is 10.4 Å². The summed E-state index contributed by atoms with van der Waals surface area (Å²) in [5.74, 6) is -1.97. The van der Waals surface area contributed by atoms with E-state index in [1.807, 2.05) is 0 Å². The molecule has 0 aliphatic heterocycles. The molecule has 92 valence electrons. The summed E-state index contributed by atoms with van der Waals surface area (Å²) in [6, 6.07) is 2.79. The maximum Gasteiger partial charge on any atom is 0.328 e. The molecule has 0 saturated carbocycles. The molecule has 7 heteroatoms. The molecule has 0 aliphatic carbocycles. The second-order valence-electron chi connectivity index (χ2n) is 3.18. The Labute approximate surface area is 107 Å². The summed E-state index contributed by atoms with van der Waals surface area (Å²) >= 11 is 11.4. The fourth-order valence-electron chi connectivity index (χ4n) is 1.06. The summed E-state index contributed by atoms with van der Waals surface area (Å²) in [6.45, 7) is -0.692. The van der Waals surface area contributed by atoms with Crippen LogP contribution in [0.25, 0.3) is 0 Å². The first kappa shape index (κ1) is 13.8. The maximum absolute atomic E-state index is 11.6. The van der Waals surface area contributed by atoms with Gasteiger partial charge in [-0.05, 0) is 18.2 Å². The van der Waals surface area contributed by atoms with E-state index >= 15 is 0 Å². The van der Waals surface area contributed by atoms with Crippen molar-refractivity contribution >= 4 is 35.1 Å². The normalized spacial score (nSPS) is 11.9. The van der Waals surface area contributed by atoms with Gasteiger partial charge in [0.1, 0.15) is 0 Å². The minimum atomic E-state index is -1.35. The van der Waals surface area contributed by atoms with Crippen LogP contribution in [0.4, 0.5) is 0 Å². The minimum absolute atomic E-state index is 0.166. The topological polar surface area (TPSA) is 86.6 Å². The van der Waals surface area contributed by atoms with Crippen LogP contribution in [0.5, 0.6) is 0 Å². The standard InChI is InChI=1S/C10H9Cl2NO4/c11-6-2-1-5(3-7(6)12)9(15)13-8(4-14)10(16)17/h1-3,8,14H,4H2,(H,13,15)(H,16,17). The number of nitrogens with one attached hydrogen (secondary N) is 1. The van der Waals surface area contributed by atoms with Crippen molar-refractivity contribution < 1.29 is 19.8 Å². The molecule has 0 aromatic heterocycles. The smallest absolute Gasteiger partial charge is 0.328 e. The van der Waals surface area contributed by atoms with E-state index in [2.05, 4.69) is 5.32 Å². The molecule has 0 fully saturated rings. The van der Waals surface area contributed by atoms with Gasteiger partial charge in [0, 0.05) is 5.56 Å². The molecular weight excluding hydrogens is 269 g/mol. The Morgan fingerprint density at radius 2 is 1.94 bits per heavy atom. The molecule has 3 N–H and O–H groups in total. The zero-order valence-electron chi connectivity index (χ0n) is 8.48. The number of carbonyl (C=O) groups is 2. The van der Waals surface area contributed by atoms with Crippen molar-refractivity contribution in [3.63, 3.8) is 0 Å². The van der Waals surface area contributed by atoms with E-state index in [1.165, 1.54) is 18.2 Å². The average molecular weight is 278 g/mol. The Balaban J connectivity index is 2.82. The van der Waals surface area contributed by atoms with Gasteiger partial charge in [-0.3, -0.25) is 4.79 Å². The highest BCUT2D eigenvalue weighted by Gasteiger charge is 2.19. The number of aliphatic hydroxyl groups is 1. The van der Waals surface area contributed by atoms with Crippen LogP contribution in [0.2, 0.25) is 10.0 Å². The van der Waals surface area contributed by atoms with Crippen molar-refractivity contribution in [1.82, 2.24) is 5.32 Å². The summed E-state index contributed by atoms with van der Waals surface area (Å²) in [5, 5.41) is 20.0. The van der Waals surface area contributed by atoms with Crippen LogP contribution in [-0.2, 0) is 4.79 Å². The van der Waals surface area contributed by atoms with E-state index < -0.39 is 24.5 Å². The van der Waals surface area contributed by atoms with E-state index in [0.717, 1.165) is 0 Å². The predicted molar refractivity (Wildman–Crippen MR) is 62.4 cm³/mol. The molecule has 0 saturated heterocycles. The zero-order valence-corrected chi connectivity index (χ0v) is 10.00. The molecule has 1 rings (SSSR count). The number of amides is 1. The number of carboxylic acids is 1. The van der Waals surface area contributed by atoms with Crippen LogP contribution in [0.3, 0.4) is 0 Å². The largest absolute Gasteiger partial charge is 0.480 e. The lowest BCUT2D eigenvalue weighted by Gasteiger charge is -2.11. The molecule has 0 aliphatic rings. The lowest BCUT2D eigenvalue weighted by molar-refractivity contribution is -0.140. The average Bonchev–Trinajstić information content (AvgIpc) is 2.28. The molecule has 0 bridgehead atoms. The number of aliphatic carboxylic acids is 1. The summed E-state index contributed by atoms with van der Waals surface area (Å²) in [6.07, 6.45) is 0.